The standard InChI is InChI=1S/C54H86O23/c1-21-11-16-53(48(66)67)17-18-54(49(68)69)25(31(53)22(21)2)9-10-29-51(7)14-13-30(50(5,6)28(51)12-15-52(29,54)8)74-47-43(40(65)41(24(4)71-47)75-45-38(63)35(60)33(58)26(19-55)72-45)77-46-39(64)36(61)42(27(20-56)73-46)76-44-37(62)34(59)32(57)23(3)70-44/h9,21-24,26-47,55-65H,10-20H2,1-8H3,(H,66,67)(H,68,69)/t21-,22+,23-,24-,26-,27-,28+,29-,30+,31+,32-,33-,34+,35+,36-,37-,38-,39-,40+,41-,42-,43-,44-,45-,46+,47-,51+,52-,53+,54-/m1/s1. The van der Waals surface area contributed by atoms with Crippen LogP contribution in [-0.2, 0) is 47.5 Å². The number of rotatable bonds is 12. The van der Waals surface area contributed by atoms with Gasteiger partial charge in [0.2, 0.25) is 0 Å². The molecule has 0 radical (unpaired) electrons. The Morgan fingerprint density at radius 3 is 1.74 bits per heavy atom. The summed E-state index contributed by atoms with van der Waals surface area (Å²) in [6, 6.07) is 0. The van der Waals surface area contributed by atoms with Crippen LogP contribution in [0.3, 0.4) is 0 Å². The third kappa shape index (κ3) is 9.29. The quantitative estimate of drug-likeness (QED) is 0.0866. The monoisotopic (exact) mass is 1100 g/mol. The van der Waals surface area contributed by atoms with Crippen LogP contribution in [0.4, 0.5) is 0 Å². The maximum atomic E-state index is 14.2. The third-order valence-electron chi connectivity index (χ3n) is 21.6. The number of allylic oxidation sites excluding steroid dienone is 1. The summed E-state index contributed by atoms with van der Waals surface area (Å²) in [4.78, 5) is 27.5. The third-order valence-corrected chi connectivity index (χ3v) is 21.6. The van der Waals surface area contributed by atoms with Crippen molar-refractivity contribution in [2.24, 2.45) is 56.7 Å². The van der Waals surface area contributed by atoms with Gasteiger partial charge in [0.1, 0.15) is 85.5 Å². The van der Waals surface area contributed by atoms with Crippen LogP contribution in [0, 0.1) is 56.7 Å². The second-order valence-electron chi connectivity index (χ2n) is 25.6. The van der Waals surface area contributed by atoms with Crippen LogP contribution < -0.4 is 0 Å². The van der Waals surface area contributed by atoms with Gasteiger partial charge in [-0.05, 0) is 117 Å². The molecule has 4 heterocycles. The Balaban J connectivity index is 0.993. The maximum absolute atomic E-state index is 14.2. The fourth-order valence-corrected chi connectivity index (χ4v) is 16.9. The molecule has 8 fully saturated rings. The van der Waals surface area contributed by atoms with Crippen molar-refractivity contribution in [3.05, 3.63) is 11.6 Å². The van der Waals surface area contributed by atoms with Crippen LogP contribution in [-0.4, -0.2) is 220 Å². The molecule has 13 N–H and O–H groups in total. The molecule has 440 valence electrons. The summed E-state index contributed by atoms with van der Waals surface area (Å²) in [7, 11) is 0. The molecule has 9 aliphatic rings. The van der Waals surface area contributed by atoms with Gasteiger partial charge in [0.15, 0.2) is 25.2 Å². The van der Waals surface area contributed by atoms with Crippen molar-refractivity contribution >= 4 is 11.9 Å². The Kier molecular flexibility index (Phi) is 16.7. The second kappa shape index (κ2) is 21.6. The number of carboxylic acids is 2. The Morgan fingerprint density at radius 2 is 1.12 bits per heavy atom. The molecule has 0 amide bonds. The fraction of sp³-hybridized carbons (Fsp3) is 0.926. The summed E-state index contributed by atoms with van der Waals surface area (Å²) in [5.74, 6) is -2.13. The molecule has 0 unspecified atom stereocenters. The smallest absolute Gasteiger partial charge is 0.314 e. The molecule has 23 heteroatoms. The molecule has 0 aromatic carbocycles. The Morgan fingerprint density at radius 1 is 0.545 bits per heavy atom. The van der Waals surface area contributed by atoms with Crippen molar-refractivity contribution in [3.63, 3.8) is 0 Å². The lowest BCUT2D eigenvalue weighted by Crippen LogP contribution is -2.69. The first-order chi connectivity index (χ1) is 36.1. The number of aliphatic hydroxyl groups excluding tert-OH is 11. The van der Waals surface area contributed by atoms with Gasteiger partial charge >= 0.3 is 11.9 Å². The fourth-order valence-electron chi connectivity index (χ4n) is 16.9. The van der Waals surface area contributed by atoms with E-state index in [9.17, 15) is 76.0 Å². The molecule has 0 aromatic rings. The number of aliphatic carboxylic acids is 2. The van der Waals surface area contributed by atoms with E-state index in [0.717, 1.165) is 12.0 Å². The summed E-state index contributed by atoms with van der Waals surface area (Å²) < 4.78 is 48.9. The minimum atomic E-state index is -2.01. The number of carboxylic acid groups (broad SMARTS) is 2. The van der Waals surface area contributed by atoms with Crippen LogP contribution in [0.15, 0.2) is 11.6 Å². The molecular weight excluding hydrogens is 1020 g/mol. The van der Waals surface area contributed by atoms with Crippen molar-refractivity contribution in [2.75, 3.05) is 13.2 Å². The van der Waals surface area contributed by atoms with E-state index in [-0.39, 0.29) is 36.5 Å². The molecule has 0 bridgehead atoms. The highest BCUT2D eigenvalue weighted by molar-refractivity contribution is 5.84. The van der Waals surface area contributed by atoms with Crippen molar-refractivity contribution in [2.45, 2.75) is 242 Å². The highest BCUT2D eigenvalue weighted by Crippen LogP contribution is 2.76. The van der Waals surface area contributed by atoms with Gasteiger partial charge in [-0.15, -0.1) is 0 Å². The van der Waals surface area contributed by atoms with E-state index < -0.39 is 187 Å². The predicted molar refractivity (Wildman–Crippen MR) is 262 cm³/mol. The number of ether oxygens (including phenoxy) is 8. The van der Waals surface area contributed by atoms with E-state index in [1.807, 2.05) is 0 Å². The normalized spacial score (nSPS) is 54.7. The highest BCUT2D eigenvalue weighted by atomic mass is 16.8. The lowest BCUT2D eigenvalue weighted by Gasteiger charge is -2.70. The number of aliphatic hydroxyl groups is 11. The molecule has 0 spiro atoms. The number of hydrogen-bond donors (Lipinski definition) is 13. The van der Waals surface area contributed by atoms with Crippen LogP contribution in [0.2, 0.25) is 0 Å². The number of carbonyl (C=O) groups is 2. The SMILES string of the molecule is C[C@H]1[C@H](C)CC[C@]2(C(=O)O)CC[C@]3(C(=O)O)C(=CC[C@@H]4[C@@]5(C)CC[C@H](O[C@H]6O[C@H](C)[C@@H](O[C@H]7O[C@H](CO)[C@@H](O)[C@H](O)[C@H]7O)[C@H](O)[C@H]6O[C@@H]6O[C@H](CO)[C@@H](O[C@H]7O[C@H](C)[C@@H](O)[C@H](O)[C@H]7O)[C@H](O)[C@H]6O)C(C)(C)[C@@H]5CC[C@]43C)[C@H]12. The summed E-state index contributed by atoms with van der Waals surface area (Å²) in [6.45, 7) is 14.1. The van der Waals surface area contributed by atoms with E-state index in [4.69, 9.17) is 37.9 Å². The second-order valence-corrected chi connectivity index (χ2v) is 25.6. The molecule has 77 heavy (non-hydrogen) atoms. The van der Waals surface area contributed by atoms with Gasteiger partial charge in [0.05, 0.1) is 42.4 Å². The zero-order valence-electron chi connectivity index (χ0n) is 45.3. The predicted octanol–water partition coefficient (Wildman–Crippen LogP) is -0.494. The Hall–Kier alpha value is -2.08. The first-order valence-corrected chi connectivity index (χ1v) is 27.8. The first kappa shape index (κ1) is 59.5. The minimum absolute atomic E-state index is 0.0258. The molecule has 0 aromatic heterocycles. The van der Waals surface area contributed by atoms with Gasteiger partial charge in [0.25, 0.3) is 0 Å². The molecular formula is C54H86O23. The molecule has 23 nitrogen and oxygen atoms in total. The topological polar surface area (TPSA) is 371 Å². The summed E-state index contributed by atoms with van der Waals surface area (Å²) in [5, 5.41) is 142. The van der Waals surface area contributed by atoms with Crippen LogP contribution in [0.1, 0.15) is 113 Å². The van der Waals surface area contributed by atoms with E-state index in [0.29, 0.717) is 38.5 Å². The van der Waals surface area contributed by atoms with Gasteiger partial charge in [-0.25, -0.2) is 0 Å². The summed E-state index contributed by atoms with van der Waals surface area (Å²) >= 11 is 0. The zero-order chi connectivity index (χ0) is 56.4. The Labute approximate surface area is 448 Å². The molecule has 4 saturated heterocycles. The van der Waals surface area contributed by atoms with Crippen LogP contribution >= 0.6 is 0 Å². The van der Waals surface area contributed by atoms with E-state index in [2.05, 4.69) is 47.6 Å². The van der Waals surface area contributed by atoms with Gasteiger partial charge in [-0.1, -0.05) is 53.2 Å². The number of hydrogen-bond acceptors (Lipinski definition) is 21. The minimum Gasteiger partial charge on any atom is -0.481 e. The van der Waals surface area contributed by atoms with Crippen molar-refractivity contribution in [1.82, 2.24) is 0 Å². The first-order valence-electron chi connectivity index (χ1n) is 27.8. The van der Waals surface area contributed by atoms with E-state index >= 15 is 0 Å². The van der Waals surface area contributed by atoms with Gasteiger partial charge < -0.3 is 104 Å². The van der Waals surface area contributed by atoms with Crippen LogP contribution in [0.25, 0.3) is 0 Å². The Bertz CT molecular complexity index is 2160. The molecule has 4 saturated carbocycles. The summed E-state index contributed by atoms with van der Waals surface area (Å²) in [5.41, 5.74) is -3.34. The largest absolute Gasteiger partial charge is 0.481 e. The average molecular weight is 1100 g/mol. The van der Waals surface area contributed by atoms with Gasteiger partial charge in [0, 0.05) is 0 Å². The number of fused-ring (bicyclic) bond motifs is 7. The van der Waals surface area contributed by atoms with Crippen molar-refractivity contribution < 1.29 is 114 Å². The molecule has 9 rings (SSSR count). The van der Waals surface area contributed by atoms with Gasteiger partial charge in [-0.2, -0.15) is 0 Å². The maximum Gasteiger partial charge on any atom is 0.314 e. The lowest BCUT2D eigenvalue weighted by atomic mass is 9.33. The average Bonchev–Trinajstić information content (AvgIpc) is 3.55. The van der Waals surface area contributed by atoms with Gasteiger partial charge in [-0.3, -0.25) is 9.59 Å². The molecule has 5 aliphatic carbocycles. The van der Waals surface area contributed by atoms with Crippen LogP contribution in [0.5, 0.6) is 0 Å². The van der Waals surface area contributed by atoms with Crippen molar-refractivity contribution in [1.29, 1.82) is 0 Å². The van der Waals surface area contributed by atoms with E-state index in [1.54, 1.807) is 0 Å². The lowest BCUT2D eigenvalue weighted by molar-refractivity contribution is -0.399. The molecule has 30 atom stereocenters. The van der Waals surface area contributed by atoms with E-state index in [1.165, 1.54) is 13.8 Å². The molecule has 4 aliphatic heterocycles. The van der Waals surface area contributed by atoms with Crippen molar-refractivity contribution in [3.8, 4) is 0 Å². The highest BCUT2D eigenvalue weighted by Gasteiger charge is 2.74. The summed E-state index contributed by atoms with van der Waals surface area (Å²) in [6.07, 6.45) is -26.6. The zero-order valence-corrected chi connectivity index (χ0v) is 45.3.